The molecule has 2 aliphatic carbocycles. The van der Waals surface area contributed by atoms with Gasteiger partial charge in [-0.05, 0) is 58.4 Å². The molecule has 2 N–H and O–H groups in total. The Bertz CT molecular complexity index is 530. The summed E-state index contributed by atoms with van der Waals surface area (Å²) in [6.07, 6.45) is 7.26. The van der Waals surface area contributed by atoms with Crippen LogP contribution in [-0.2, 0) is 0 Å². The van der Waals surface area contributed by atoms with Gasteiger partial charge in [0.15, 0.2) is 0 Å². The van der Waals surface area contributed by atoms with Gasteiger partial charge >= 0.3 is 6.03 Å². The Morgan fingerprint density at radius 2 is 1.95 bits per heavy atom. The van der Waals surface area contributed by atoms with Gasteiger partial charge in [-0.2, -0.15) is 0 Å². The van der Waals surface area contributed by atoms with Crippen LogP contribution in [-0.4, -0.2) is 48.8 Å². The van der Waals surface area contributed by atoms with Gasteiger partial charge in [0.1, 0.15) is 6.17 Å². The van der Waals surface area contributed by atoms with Crippen LogP contribution in [0.3, 0.4) is 0 Å². The third-order valence-corrected chi connectivity index (χ3v) is 5.71. The molecule has 3 aliphatic rings. The van der Waals surface area contributed by atoms with Gasteiger partial charge < -0.3 is 10.6 Å². The minimum Gasteiger partial charge on any atom is -0.336 e. The van der Waals surface area contributed by atoms with E-state index < -0.39 is 6.17 Å². The van der Waals surface area contributed by atoms with Gasteiger partial charge in [0.05, 0.1) is 5.54 Å². The van der Waals surface area contributed by atoms with Crippen molar-refractivity contribution in [1.82, 2.24) is 15.5 Å². The van der Waals surface area contributed by atoms with Crippen molar-refractivity contribution in [3.05, 3.63) is 23.3 Å². The highest BCUT2D eigenvalue weighted by Gasteiger charge is 2.48. The predicted molar refractivity (Wildman–Crippen MR) is 85.5 cm³/mol. The van der Waals surface area contributed by atoms with Crippen molar-refractivity contribution in [3.63, 3.8) is 0 Å². The van der Waals surface area contributed by atoms with Crippen LogP contribution in [0, 0.1) is 0 Å². The summed E-state index contributed by atoms with van der Waals surface area (Å²) in [4.78, 5) is 13.7. The number of hydrogen-bond acceptors (Lipinski definition) is 2. The summed E-state index contributed by atoms with van der Waals surface area (Å²) in [5, 5.41) is 5.98. The molecular weight excluding hydrogens is 281 g/mol. The molecule has 2 fully saturated rings. The van der Waals surface area contributed by atoms with E-state index in [2.05, 4.69) is 35.7 Å². The van der Waals surface area contributed by atoms with Crippen molar-refractivity contribution in [2.24, 2.45) is 0 Å². The minimum atomic E-state index is -0.874. The Morgan fingerprint density at radius 1 is 1.27 bits per heavy atom. The monoisotopic (exact) mass is 307 g/mol. The second-order valence-corrected chi connectivity index (χ2v) is 7.31. The van der Waals surface area contributed by atoms with Crippen molar-refractivity contribution in [3.8, 4) is 0 Å². The molecule has 4 nitrogen and oxygen atoms in total. The summed E-state index contributed by atoms with van der Waals surface area (Å²) >= 11 is 0. The maximum absolute atomic E-state index is 14.0. The van der Waals surface area contributed by atoms with Crippen LogP contribution in [0.1, 0.15) is 39.0 Å². The van der Waals surface area contributed by atoms with Gasteiger partial charge in [-0.1, -0.05) is 11.6 Å². The first-order valence-corrected chi connectivity index (χ1v) is 8.12. The number of nitrogens with zero attached hydrogens (tertiary/aromatic N) is 1. The number of carbonyl (C=O) groups is 1. The molecule has 22 heavy (non-hydrogen) atoms. The van der Waals surface area contributed by atoms with Crippen molar-refractivity contribution in [2.45, 2.75) is 56.3 Å². The Balaban J connectivity index is 1.83. The molecule has 0 aromatic rings. The zero-order valence-electron chi connectivity index (χ0n) is 13.7. The number of carbonyl (C=O) groups excluding carboxylic acids is 1. The molecule has 2 amide bonds. The Kier molecular flexibility index (Phi) is 3.79. The van der Waals surface area contributed by atoms with E-state index in [1.807, 2.05) is 6.92 Å². The summed E-state index contributed by atoms with van der Waals surface area (Å²) in [5.74, 6) is 0. The van der Waals surface area contributed by atoms with E-state index in [1.54, 1.807) is 6.08 Å². The molecule has 1 heterocycles. The van der Waals surface area contributed by atoms with E-state index >= 15 is 0 Å². The zero-order chi connectivity index (χ0) is 16.0. The number of rotatable bonds is 2. The molecule has 122 valence electrons. The van der Waals surface area contributed by atoms with Gasteiger partial charge in [-0.25, -0.2) is 9.18 Å². The molecule has 0 aromatic heterocycles. The number of hydrogen-bond donors (Lipinski definition) is 2. The fourth-order valence-corrected chi connectivity index (χ4v) is 4.34. The van der Waals surface area contributed by atoms with Crippen molar-refractivity contribution >= 4 is 6.03 Å². The number of likely N-dealkylation sites (N-methyl/N-ethyl adjacent to an activating group) is 1. The third-order valence-electron chi connectivity index (χ3n) is 5.71. The summed E-state index contributed by atoms with van der Waals surface area (Å²) < 4.78 is 14.0. The van der Waals surface area contributed by atoms with Gasteiger partial charge in [0.2, 0.25) is 0 Å². The summed E-state index contributed by atoms with van der Waals surface area (Å²) in [5.41, 5.74) is 2.03. The Labute approximate surface area is 131 Å². The van der Waals surface area contributed by atoms with Crippen LogP contribution in [0.4, 0.5) is 9.18 Å². The predicted octanol–water partition coefficient (Wildman–Crippen LogP) is 2.53. The molecular formula is C17H26FN3O. The maximum Gasteiger partial charge on any atom is 0.315 e. The van der Waals surface area contributed by atoms with E-state index in [0.717, 1.165) is 31.3 Å². The summed E-state index contributed by atoms with van der Waals surface area (Å²) in [7, 11) is 4.18. The molecule has 3 rings (SSSR count). The van der Waals surface area contributed by atoms with Crippen LogP contribution in [0.2, 0.25) is 0 Å². The average Bonchev–Trinajstić information content (AvgIpc) is 2.80. The van der Waals surface area contributed by atoms with Gasteiger partial charge in [-0.3, -0.25) is 4.90 Å². The molecule has 5 heteroatoms. The summed E-state index contributed by atoms with van der Waals surface area (Å²) in [6.45, 7) is 2.68. The fourth-order valence-electron chi connectivity index (χ4n) is 4.34. The lowest BCUT2D eigenvalue weighted by Gasteiger charge is -2.50. The van der Waals surface area contributed by atoms with E-state index in [0.29, 0.717) is 13.0 Å². The molecule has 1 saturated carbocycles. The zero-order valence-corrected chi connectivity index (χ0v) is 13.7. The number of urea groups is 1. The second-order valence-electron chi connectivity index (χ2n) is 7.31. The molecule has 0 aromatic carbocycles. The van der Waals surface area contributed by atoms with Crippen LogP contribution in [0.25, 0.3) is 0 Å². The first-order chi connectivity index (χ1) is 10.4. The number of nitrogens with one attached hydrogen (secondary N) is 2. The molecule has 1 saturated heterocycles. The van der Waals surface area contributed by atoms with Gasteiger partial charge in [0.25, 0.3) is 0 Å². The molecule has 0 bridgehead atoms. The molecule has 1 aliphatic heterocycles. The number of amides is 2. The third kappa shape index (κ3) is 2.56. The lowest BCUT2D eigenvalue weighted by atomic mass is 9.67. The highest BCUT2D eigenvalue weighted by Crippen LogP contribution is 2.45. The average molecular weight is 307 g/mol. The number of allylic oxidation sites excluding steroid dienone is 3. The molecule has 1 unspecified atom stereocenters. The first kappa shape index (κ1) is 15.5. The second kappa shape index (κ2) is 5.37. The molecule has 0 radical (unpaired) electrons. The van der Waals surface area contributed by atoms with Crippen LogP contribution in [0.5, 0.6) is 0 Å². The minimum absolute atomic E-state index is 0.0585. The Hall–Kier alpha value is -1.36. The fraction of sp³-hybridized carbons (Fsp3) is 0.706. The van der Waals surface area contributed by atoms with E-state index in [-0.39, 0.29) is 17.1 Å². The standard InChI is InChI=1S/C17H26FN3O/c1-12-8-13(10-14(18)9-12)17(21(2)3)6-4-16(5-7-17)11-19-15(22)20-16/h8-9,14H,4-7,10-11H2,1-3H3,(H2,19,20,22)/t14?,16-,17+. The van der Waals surface area contributed by atoms with Crippen LogP contribution < -0.4 is 10.6 Å². The number of alkyl halides is 1. The van der Waals surface area contributed by atoms with Crippen LogP contribution >= 0.6 is 0 Å². The van der Waals surface area contributed by atoms with Gasteiger partial charge in [0, 0.05) is 18.5 Å². The van der Waals surface area contributed by atoms with E-state index in [9.17, 15) is 9.18 Å². The topological polar surface area (TPSA) is 44.4 Å². The highest BCUT2D eigenvalue weighted by molar-refractivity contribution is 5.77. The SMILES string of the molecule is CC1=CC(F)CC([C@]2(N(C)C)CC[C@@]3(CC2)CNC(=O)N3)=C1. The smallest absolute Gasteiger partial charge is 0.315 e. The molecule has 1 spiro atoms. The van der Waals surface area contributed by atoms with Crippen molar-refractivity contribution < 1.29 is 9.18 Å². The number of halogens is 1. The largest absolute Gasteiger partial charge is 0.336 e. The molecule has 1 atom stereocenters. The van der Waals surface area contributed by atoms with Crippen molar-refractivity contribution in [1.29, 1.82) is 0 Å². The van der Waals surface area contributed by atoms with E-state index in [1.165, 1.54) is 5.57 Å². The van der Waals surface area contributed by atoms with Crippen LogP contribution in [0.15, 0.2) is 23.3 Å². The van der Waals surface area contributed by atoms with Gasteiger partial charge in [-0.15, -0.1) is 0 Å². The normalized spacial score (nSPS) is 38.6. The lowest BCUT2D eigenvalue weighted by molar-refractivity contribution is 0.0924. The summed E-state index contributed by atoms with van der Waals surface area (Å²) in [6, 6.07) is -0.0585. The van der Waals surface area contributed by atoms with Crippen molar-refractivity contribution in [2.75, 3.05) is 20.6 Å². The maximum atomic E-state index is 14.0. The quantitative estimate of drug-likeness (QED) is 0.823. The Morgan fingerprint density at radius 3 is 2.45 bits per heavy atom. The lowest BCUT2D eigenvalue weighted by Crippen LogP contribution is -2.56. The van der Waals surface area contributed by atoms with E-state index in [4.69, 9.17) is 0 Å². The first-order valence-electron chi connectivity index (χ1n) is 8.12. The highest BCUT2D eigenvalue weighted by atomic mass is 19.1.